The second-order valence-corrected chi connectivity index (χ2v) is 12.5. The fourth-order valence-corrected chi connectivity index (χ4v) is 5.46. The summed E-state index contributed by atoms with van der Waals surface area (Å²) >= 11 is 1.27. The Labute approximate surface area is 245 Å². The zero-order valence-corrected chi connectivity index (χ0v) is 24.7. The molecule has 1 aliphatic rings. The Morgan fingerprint density at radius 3 is 2.43 bits per heavy atom. The lowest BCUT2D eigenvalue weighted by Gasteiger charge is -2.31. The van der Waals surface area contributed by atoms with Gasteiger partial charge < -0.3 is 9.47 Å². The van der Waals surface area contributed by atoms with Gasteiger partial charge in [0.2, 0.25) is 5.91 Å². The fourth-order valence-electron chi connectivity index (χ4n) is 3.44. The van der Waals surface area contributed by atoms with Crippen LogP contribution in [0.2, 0.25) is 0 Å². The Morgan fingerprint density at radius 1 is 1.07 bits per heavy atom. The number of hydrogen-bond donors (Lipinski definition) is 2. The summed E-state index contributed by atoms with van der Waals surface area (Å²) in [4.78, 5) is 26.8. The molecule has 0 radical (unpaired) electrons. The van der Waals surface area contributed by atoms with Crippen molar-refractivity contribution in [3.63, 3.8) is 0 Å². The average Bonchev–Trinajstić information content (AvgIpc) is 2.91. The number of pyridine rings is 1. The van der Waals surface area contributed by atoms with Gasteiger partial charge in [0.05, 0.1) is 22.7 Å². The van der Waals surface area contributed by atoms with Crippen molar-refractivity contribution in [2.45, 2.75) is 49.3 Å². The van der Waals surface area contributed by atoms with E-state index in [9.17, 15) is 31.2 Å². The number of carbonyl (C=O) groups is 2. The zero-order valence-electron chi connectivity index (χ0n) is 23.1. The van der Waals surface area contributed by atoms with Crippen LogP contribution in [0.5, 0.6) is 5.75 Å². The summed E-state index contributed by atoms with van der Waals surface area (Å²) in [6.45, 7) is 6.46. The van der Waals surface area contributed by atoms with E-state index >= 15 is 0 Å². The number of hydrogen-bond acceptors (Lipinski definition) is 8. The van der Waals surface area contributed by atoms with Gasteiger partial charge in [0.1, 0.15) is 18.0 Å². The molecule has 0 bridgehead atoms. The van der Waals surface area contributed by atoms with Gasteiger partial charge in [-0.25, -0.2) is 13.2 Å². The van der Waals surface area contributed by atoms with E-state index in [1.54, 1.807) is 33.2 Å². The van der Waals surface area contributed by atoms with Gasteiger partial charge in [0.25, 0.3) is 10.0 Å². The van der Waals surface area contributed by atoms with Crippen LogP contribution in [-0.4, -0.2) is 44.2 Å². The predicted molar refractivity (Wildman–Crippen MR) is 152 cm³/mol. The van der Waals surface area contributed by atoms with Crippen LogP contribution < -0.4 is 19.1 Å². The molecule has 0 spiro atoms. The monoisotopic (exact) mass is 626 g/mol. The number of fused-ring (bicyclic) bond motifs is 1. The number of alkyl halides is 3. The summed E-state index contributed by atoms with van der Waals surface area (Å²) in [5, 5.41) is 2.50. The first-order valence-electron chi connectivity index (χ1n) is 12.4. The van der Waals surface area contributed by atoms with Gasteiger partial charge in [-0.2, -0.15) is 13.2 Å². The molecule has 2 heterocycles. The summed E-state index contributed by atoms with van der Waals surface area (Å²) in [6.07, 6.45) is -2.03. The molecule has 3 aromatic rings. The Hall–Kier alpha value is -3.98. The molecule has 0 saturated carbocycles. The molecule has 2 aromatic carbocycles. The molecule has 1 aliphatic heterocycles. The molecule has 2 amide bonds. The lowest BCUT2D eigenvalue weighted by Crippen LogP contribution is -2.38. The number of rotatable bonds is 5. The summed E-state index contributed by atoms with van der Waals surface area (Å²) < 4.78 is 79.6. The van der Waals surface area contributed by atoms with Crippen LogP contribution in [0, 0.1) is 0 Å². The molecule has 2 N–H and O–H groups in total. The second-order valence-electron chi connectivity index (χ2n) is 9.71. The maximum absolute atomic E-state index is 13.1. The highest BCUT2D eigenvalue weighted by Crippen LogP contribution is 2.38. The summed E-state index contributed by atoms with van der Waals surface area (Å²) in [6, 6.07) is 11.6. The number of benzene rings is 2. The molecule has 1 aromatic heterocycles. The number of nitrogens with one attached hydrogen (secondary N) is 2. The normalized spacial score (nSPS) is 13.1. The summed E-state index contributed by atoms with van der Waals surface area (Å²) in [5.41, 5.74) is -1.47. The highest BCUT2D eigenvalue weighted by Gasteiger charge is 2.35. The van der Waals surface area contributed by atoms with E-state index in [4.69, 9.17) is 9.47 Å². The van der Waals surface area contributed by atoms with Crippen LogP contribution in [0.4, 0.5) is 29.3 Å². The van der Waals surface area contributed by atoms with Gasteiger partial charge in [-0.15, -0.1) is 0 Å². The van der Waals surface area contributed by atoms with Crippen molar-refractivity contribution in [2.24, 2.45) is 0 Å². The largest absolute Gasteiger partial charge is 0.489 e. The standard InChI is InChI=1S/C20H21F3N2O5S.C7H8N2OS/c1-19(2,3)30-18(26)24-14-7-8-17-16(12-14)25(9-10-29-17)31(27,28)15-6-4-5-13(11-15)20(21,22)23;1-6(10)9-11-7-3-2-4-8-5-7/h4-8,11-12H,9-10H2,1-3H3,(H,24,26);2-5H,1H3,(H,9,10). The molecular weight excluding hydrogens is 597 g/mol. The van der Waals surface area contributed by atoms with Crippen LogP contribution >= 0.6 is 11.9 Å². The molecule has 10 nitrogen and oxygen atoms in total. The fraction of sp³-hybridized carbons (Fsp3) is 0.296. The number of aromatic nitrogens is 1. The van der Waals surface area contributed by atoms with Gasteiger partial charge in [-0.3, -0.25) is 24.1 Å². The van der Waals surface area contributed by atoms with Gasteiger partial charge in [-0.05, 0) is 81.3 Å². The van der Waals surface area contributed by atoms with Crippen LogP contribution in [0.15, 0.2) is 76.8 Å². The molecule has 42 heavy (non-hydrogen) atoms. The molecule has 15 heteroatoms. The minimum atomic E-state index is -4.68. The van der Waals surface area contributed by atoms with Crippen molar-refractivity contribution in [1.29, 1.82) is 0 Å². The molecule has 0 saturated heterocycles. The third-order valence-electron chi connectivity index (χ3n) is 5.12. The number of amides is 2. The molecular formula is C27H29F3N4O6S2. The van der Waals surface area contributed by atoms with Crippen molar-refractivity contribution in [1.82, 2.24) is 9.71 Å². The van der Waals surface area contributed by atoms with Gasteiger partial charge in [0, 0.05) is 29.9 Å². The summed E-state index contributed by atoms with van der Waals surface area (Å²) in [5.74, 6) is 0.162. The number of carbonyl (C=O) groups excluding carboxylic acids is 2. The Morgan fingerprint density at radius 2 is 1.81 bits per heavy atom. The van der Waals surface area contributed by atoms with E-state index < -0.39 is 38.4 Å². The van der Waals surface area contributed by atoms with Gasteiger partial charge in [-0.1, -0.05) is 6.07 Å². The number of sulfonamides is 1. The van der Waals surface area contributed by atoms with E-state index in [-0.39, 0.29) is 36.2 Å². The van der Waals surface area contributed by atoms with Crippen LogP contribution in [-0.2, 0) is 25.7 Å². The quantitative estimate of drug-likeness (QED) is 0.337. The van der Waals surface area contributed by atoms with Crippen molar-refractivity contribution in [2.75, 3.05) is 22.8 Å². The molecule has 0 unspecified atom stereocenters. The minimum absolute atomic E-state index is 0.0179. The number of halogens is 3. The molecule has 0 atom stereocenters. The van der Waals surface area contributed by atoms with Crippen LogP contribution in [0.25, 0.3) is 0 Å². The third-order valence-corrected chi connectivity index (χ3v) is 7.80. The first kappa shape index (κ1) is 32.5. The van der Waals surface area contributed by atoms with Crippen molar-refractivity contribution < 1.29 is 40.7 Å². The van der Waals surface area contributed by atoms with Crippen LogP contribution in [0.1, 0.15) is 33.3 Å². The van der Waals surface area contributed by atoms with Crippen molar-refractivity contribution >= 4 is 45.3 Å². The van der Waals surface area contributed by atoms with E-state index in [2.05, 4.69) is 15.0 Å². The van der Waals surface area contributed by atoms with Crippen molar-refractivity contribution in [3.05, 3.63) is 72.6 Å². The molecule has 226 valence electrons. The highest BCUT2D eigenvalue weighted by atomic mass is 32.2. The van der Waals surface area contributed by atoms with E-state index in [1.165, 1.54) is 37.1 Å². The third kappa shape index (κ3) is 9.27. The Bertz CT molecular complexity index is 1510. The first-order chi connectivity index (χ1) is 19.6. The maximum Gasteiger partial charge on any atom is 0.416 e. The zero-order chi connectivity index (χ0) is 31.1. The van der Waals surface area contributed by atoms with Crippen molar-refractivity contribution in [3.8, 4) is 5.75 Å². The van der Waals surface area contributed by atoms with E-state index in [1.807, 2.05) is 12.1 Å². The number of nitrogens with zero attached hydrogens (tertiary/aromatic N) is 2. The number of anilines is 2. The summed E-state index contributed by atoms with van der Waals surface area (Å²) in [7, 11) is -4.32. The Kier molecular flexibility index (Phi) is 10.3. The first-order valence-corrected chi connectivity index (χ1v) is 14.6. The lowest BCUT2D eigenvalue weighted by atomic mass is 10.2. The number of ether oxygens (including phenoxy) is 2. The Balaban J connectivity index is 0.000000369. The minimum Gasteiger partial charge on any atom is -0.489 e. The van der Waals surface area contributed by atoms with Crippen LogP contribution in [0.3, 0.4) is 0 Å². The lowest BCUT2D eigenvalue weighted by molar-refractivity contribution is -0.137. The second kappa shape index (κ2) is 13.3. The maximum atomic E-state index is 13.1. The van der Waals surface area contributed by atoms with E-state index in [0.717, 1.165) is 27.4 Å². The topological polar surface area (TPSA) is 127 Å². The SMILES string of the molecule is CC(=O)NSc1cccnc1.CC(C)(C)OC(=O)Nc1ccc2c(c1)N(S(=O)(=O)c1cccc(C(F)(F)F)c1)CCO2. The van der Waals surface area contributed by atoms with Gasteiger partial charge in [0.15, 0.2) is 0 Å². The molecule has 0 aliphatic carbocycles. The molecule has 0 fully saturated rings. The smallest absolute Gasteiger partial charge is 0.416 e. The van der Waals surface area contributed by atoms with Gasteiger partial charge >= 0.3 is 12.3 Å². The molecule has 4 rings (SSSR count). The predicted octanol–water partition coefficient (Wildman–Crippen LogP) is 5.86. The average molecular weight is 627 g/mol. The van der Waals surface area contributed by atoms with E-state index in [0.29, 0.717) is 6.07 Å². The highest BCUT2D eigenvalue weighted by molar-refractivity contribution is 7.98.